The lowest BCUT2D eigenvalue weighted by Crippen LogP contribution is -2.39. The van der Waals surface area contributed by atoms with Crippen molar-refractivity contribution in [2.45, 2.75) is 13.0 Å². The summed E-state index contributed by atoms with van der Waals surface area (Å²) >= 11 is 0. The molecule has 0 aliphatic heterocycles. The fourth-order valence-corrected chi connectivity index (χ4v) is 1.40. The number of aliphatic hydroxyl groups excluding tert-OH is 1. The third-order valence-corrected chi connectivity index (χ3v) is 2.46. The maximum atomic E-state index is 11.5. The van der Waals surface area contributed by atoms with Gasteiger partial charge in [-0.05, 0) is 19.1 Å². The van der Waals surface area contributed by atoms with Gasteiger partial charge in [0, 0.05) is 11.3 Å². The van der Waals surface area contributed by atoms with Crippen molar-refractivity contribution in [1.29, 1.82) is 0 Å². The summed E-state index contributed by atoms with van der Waals surface area (Å²) in [6.45, 7) is 1.15. The monoisotopic (exact) mass is 280 g/mol. The lowest BCUT2D eigenvalue weighted by Gasteiger charge is -2.11. The Morgan fingerprint density at radius 1 is 1.35 bits per heavy atom. The minimum absolute atomic E-state index is 0.116. The van der Waals surface area contributed by atoms with Gasteiger partial charge in [0.1, 0.15) is 0 Å². The second-order valence-electron chi connectivity index (χ2n) is 4.01. The number of hydrogen-bond acceptors (Lipinski definition) is 5. The molecule has 2 amide bonds. The van der Waals surface area contributed by atoms with E-state index in [1.54, 1.807) is 18.2 Å². The normalized spacial score (nSPS) is 11.3. The second kappa shape index (κ2) is 7.25. The molecule has 0 heterocycles. The standard InChI is InChI=1S/C13H16N2O5/c1-8(16)9-4-3-5-10(6-9)15-13(19)14-7-11(17)12(18)20-2/h3-6,11,17H,7H2,1-2H3,(H2,14,15,19). The van der Waals surface area contributed by atoms with Crippen LogP contribution < -0.4 is 10.6 Å². The number of carbonyl (C=O) groups is 3. The number of rotatable bonds is 5. The molecule has 1 unspecified atom stereocenters. The van der Waals surface area contributed by atoms with Gasteiger partial charge in [0.25, 0.3) is 0 Å². The molecular weight excluding hydrogens is 264 g/mol. The Bertz CT molecular complexity index is 515. The first kappa shape index (κ1) is 15.6. The van der Waals surface area contributed by atoms with E-state index in [2.05, 4.69) is 15.4 Å². The van der Waals surface area contributed by atoms with E-state index >= 15 is 0 Å². The number of esters is 1. The van der Waals surface area contributed by atoms with Gasteiger partial charge in [-0.1, -0.05) is 12.1 Å². The van der Waals surface area contributed by atoms with E-state index in [-0.39, 0.29) is 12.3 Å². The maximum Gasteiger partial charge on any atom is 0.336 e. The molecular formula is C13H16N2O5. The fraction of sp³-hybridized carbons (Fsp3) is 0.308. The summed E-state index contributed by atoms with van der Waals surface area (Å²) in [6.07, 6.45) is -1.42. The zero-order chi connectivity index (χ0) is 15.1. The van der Waals surface area contributed by atoms with Crippen molar-refractivity contribution in [3.63, 3.8) is 0 Å². The summed E-state index contributed by atoms with van der Waals surface area (Å²) in [5.41, 5.74) is 0.903. The maximum absolute atomic E-state index is 11.5. The van der Waals surface area contributed by atoms with Crippen LogP contribution in [-0.2, 0) is 9.53 Å². The number of amides is 2. The topological polar surface area (TPSA) is 105 Å². The van der Waals surface area contributed by atoms with Crippen molar-refractivity contribution >= 4 is 23.5 Å². The van der Waals surface area contributed by atoms with Crippen molar-refractivity contribution in [1.82, 2.24) is 5.32 Å². The molecule has 0 radical (unpaired) electrons. The zero-order valence-corrected chi connectivity index (χ0v) is 11.2. The number of ether oxygens (including phenoxy) is 1. The molecule has 0 aliphatic rings. The van der Waals surface area contributed by atoms with E-state index in [1.165, 1.54) is 13.0 Å². The van der Waals surface area contributed by atoms with Crippen LogP contribution >= 0.6 is 0 Å². The molecule has 1 aromatic rings. The van der Waals surface area contributed by atoms with Gasteiger partial charge in [0.05, 0.1) is 13.7 Å². The van der Waals surface area contributed by atoms with Crippen molar-refractivity contribution in [3.8, 4) is 0 Å². The smallest absolute Gasteiger partial charge is 0.336 e. The molecule has 0 spiro atoms. The summed E-state index contributed by atoms with van der Waals surface area (Å²) in [4.78, 5) is 33.7. The first-order chi connectivity index (χ1) is 9.43. The largest absolute Gasteiger partial charge is 0.467 e. The van der Waals surface area contributed by atoms with Crippen molar-refractivity contribution in [2.24, 2.45) is 0 Å². The molecule has 108 valence electrons. The Morgan fingerprint density at radius 3 is 2.65 bits per heavy atom. The van der Waals surface area contributed by atoms with Gasteiger partial charge < -0.3 is 20.5 Å². The van der Waals surface area contributed by atoms with Crippen molar-refractivity contribution in [3.05, 3.63) is 29.8 Å². The van der Waals surface area contributed by atoms with Crippen LogP contribution in [0, 0.1) is 0 Å². The van der Waals surface area contributed by atoms with Crippen LogP contribution in [0.2, 0.25) is 0 Å². The average molecular weight is 280 g/mol. The Balaban J connectivity index is 2.52. The number of urea groups is 1. The van der Waals surface area contributed by atoms with Crippen molar-refractivity contribution in [2.75, 3.05) is 19.0 Å². The number of anilines is 1. The van der Waals surface area contributed by atoms with Gasteiger partial charge >= 0.3 is 12.0 Å². The highest BCUT2D eigenvalue weighted by Gasteiger charge is 2.16. The van der Waals surface area contributed by atoms with Gasteiger partial charge in [-0.2, -0.15) is 0 Å². The zero-order valence-electron chi connectivity index (χ0n) is 11.2. The van der Waals surface area contributed by atoms with Crippen LogP contribution in [0.4, 0.5) is 10.5 Å². The molecule has 0 saturated carbocycles. The van der Waals surface area contributed by atoms with Crippen LogP contribution in [0.1, 0.15) is 17.3 Å². The molecule has 0 fully saturated rings. The third kappa shape index (κ3) is 4.69. The van der Waals surface area contributed by atoms with Crippen LogP contribution in [0.5, 0.6) is 0 Å². The van der Waals surface area contributed by atoms with Crippen LogP contribution in [-0.4, -0.2) is 42.6 Å². The minimum atomic E-state index is -1.42. The first-order valence-corrected chi connectivity index (χ1v) is 5.85. The Labute approximate surface area is 115 Å². The molecule has 7 heteroatoms. The van der Waals surface area contributed by atoms with E-state index in [0.29, 0.717) is 11.3 Å². The lowest BCUT2D eigenvalue weighted by molar-refractivity contribution is -0.149. The highest BCUT2D eigenvalue weighted by Crippen LogP contribution is 2.10. The molecule has 1 rings (SSSR count). The quantitative estimate of drug-likeness (QED) is 0.539. The molecule has 1 atom stereocenters. The van der Waals surface area contributed by atoms with Crippen LogP contribution in [0.25, 0.3) is 0 Å². The number of nitrogens with one attached hydrogen (secondary N) is 2. The number of benzene rings is 1. The molecule has 7 nitrogen and oxygen atoms in total. The molecule has 0 aromatic heterocycles. The summed E-state index contributed by atoms with van der Waals surface area (Å²) in [7, 11) is 1.14. The molecule has 1 aromatic carbocycles. The highest BCUT2D eigenvalue weighted by atomic mass is 16.5. The van der Waals surface area contributed by atoms with E-state index in [0.717, 1.165) is 7.11 Å². The predicted octanol–water partition coefficient (Wildman–Crippen LogP) is 0.545. The number of hydrogen-bond donors (Lipinski definition) is 3. The summed E-state index contributed by atoms with van der Waals surface area (Å²) in [5.74, 6) is -0.945. The number of Topliss-reactive ketones (excluding diaryl/α,β-unsaturated/α-hetero) is 1. The van der Waals surface area contributed by atoms with Gasteiger partial charge in [0.2, 0.25) is 0 Å². The summed E-state index contributed by atoms with van der Waals surface area (Å²) in [5, 5.41) is 14.1. The minimum Gasteiger partial charge on any atom is -0.467 e. The average Bonchev–Trinajstić information content (AvgIpc) is 2.44. The summed E-state index contributed by atoms with van der Waals surface area (Å²) < 4.78 is 4.31. The number of aliphatic hydroxyl groups is 1. The third-order valence-electron chi connectivity index (χ3n) is 2.46. The van der Waals surface area contributed by atoms with E-state index in [9.17, 15) is 19.5 Å². The molecule has 0 aliphatic carbocycles. The SMILES string of the molecule is COC(=O)C(O)CNC(=O)Nc1cccc(C(C)=O)c1. The number of ketones is 1. The highest BCUT2D eigenvalue weighted by molar-refractivity contribution is 5.96. The van der Waals surface area contributed by atoms with Crippen molar-refractivity contribution < 1.29 is 24.2 Å². The molecule has 3 N–H and O–H groups in total. The lowest BCUT2D eigenvalue weighted by atomic mass is 10.1. The van der Waals surface area contributed by atoms with Crippen LogP contribution in [0.15, 0.2) is 24.3 Å². The summed E-state index contributed by atoms with van der Waals surface area (Å²) in [6, 6.07) is 5.80. The molecule has 0 saturated heterocycles. The second-order valence-corrected chi connectivity index (χ2v) is 4.01. The van der Waals surface area contributed by atoms with E-state index in [4.69, 9.17) is 0 Å². The van der Waals surface area contributed by atoms with E-state index < -0.39 is 18.1 Å². The number of methoxy groups -OCH3 is 1. The van der Waals surface area contributed by atoms with E-state index in [1.807, 2.05) is 0 Å². The molecule has 0 bridgehead atoms. The Hall–Kier alpha value is -2.41. The van der Waals surface area contributed by atoms with Gasteiger partial charge in [-0.15, -0.1) is 0 Å². The Morgan fingerprint density at radius 2 is 2.05 bits per heavy atom. The Kier molecular flexibility index (Phi) is 5.67. The first-order valence-electron chi connectivity index (χ1n) is 5.85. The van der Waals surface area contributed by atoms with Gasteiger partial charge in [-0.3, -0.25) is 4.79 Å². The fourth-order valence-electron chi connectivity index (χ4n) is 1.40. The predicted molar refractivity (Wildman–Crippen MR) is 71.5 cm³/mol. The molecule has 20 heavy (non-hydrogen) atoms. The number of carbonyl (C=O) groups excluding carboxylic acids is 3. The van der Waals surface area contributed by atoms with Gasteiger partial charge in [0.15, 0.2) is 11.9 Å². The van der Waals surface area contributed by atoms with Crippen LogP contribution in [0.3, 0.4) is 0 Å². The van der Waals surface area contributed by atoms with Gasteiger partial charge in [-0.25, -0.2) is 9.59 Å².